The van der Waals surface area contributed by atoms with Gasteiger partial charge in [0.2, 0.25) is 0 Å². The number of hydrogen-bond acceptors (Lipinski definition) is 4. The van der Waals surface area contributed by atoms with Gasteiger partial charge in [0, 0.05) is 4.47 Å². The summed E-state index contributed by atoms with van der Waals surface area (Å²) in [5.74, 6) is 1.07. The minimum atomic E-state index is -1.10. The number of nitrogens with one attached hydrogen (secondary N) is 1. The van der Waals surface area contributed by atoms with Gasteiger partial charge in [-0.1, -0.05) is 28.1 Å². The van der Waals surface area contributed by atoms with E-state index in [1.165, 1.54) is 4.90 Å². The van der Waals surface area contributed by atoms with Gasteiger partial charge in [-0.25, -0.2) is 4.79 Å². The molecular formula is C19H19BrN2O4. The van der Waals surface area contributed by atoms with E-state index < -0.39 is 11.6 Å². The molecule has 1 aliphatic heterocycles. The van der Waals surface area contributed by atoms with Gasteiger partial charge in [0.15, 0.2) is 0 Å². The summed E-state index contributed by atoms with van der Waals surface area (Å²) in [5.41, 5.74) is -0.394. The van der Waals surface area contributed by atoms with Crippen molar-refractivity contribution in [2.45, 2.75) is 12.5 Å². The Labute approximate surface area is 160 Å². The van der Waals surface area contributed by atoms with E-state index in [1.807, 2.05) is 24.3 Å². The maximum atomic E-state index is 12.8. The topological polar surface area (TPSA) is 67.9 Å². The number of methoxy groups -OCH3 is 1. The van der Waals surface area contributed by atoms with Gasteiger partial charge in [-0.2, -0.15) is 0 Å². The van der Waals surface area contributed by atoms with Crippen LogP contribution in [-0.4, -0.2) is 37.1 Å². The van der Waals surface area contributed by atoms with E-state index >= 15 is 0 Å². The lowest BCUT2D eigenvalue weighted by molar-refractivity contribution is -0.131. The fraction of sp³-hybridized carbons (Fsp3) is 0.263. The standard InChI is InChI=1S/C19H19BrN2O4/c1-19(13-3-7-15(25-2)8-4-13)17(23)22(18(24)21-19)11-12-26-16-9-5-14(20)6-10-16/h3-10H,11-12H2,1-2H3,(H,21,24). The van der Waals surface area contributed by atoms with Crippen LogP contribution in [0, 0.1) is 0 Å². The highest BCUT2D eigenvalue weighted by Gasteiger charge is 2.48. The number of urea groups is 1. The van der Waals surface area contributed by atoms with E-state index in [2.05, 4.69) is 21.2 Å². The van der Waals surface area contributed by atoms with Crippen LogP contribution in [0.3, 0.4) is 0 Å². The quantitative estimate of drug-likeness (QED) is 0.730. The molecule has 0 radical (unpaired) electrons. The minimum absolute atomic E-state index is 0.173. The summed E-state index contributed by atoms with van der Waals surface area (Å²) >= 11 is 3.36. The van der Waals surface area contributed by atoms with Crippen molar-refractivity contribution in [3.8, 4) is 11.5 Å². The first kappa shape index (κ1) is 18.3. The van der Waals surface area contributed by atoms with E-state index in [1.54, 1.807) is 38.3 Å². The van der Waals surface area contributed by atoms with Crippen molar-refractivity contribution in [3.05, 3.63) is 58.6 Å². The molecule has 7 heteroatoms. The molecule has 6 nitrogen and oxygen atoms in total. The molecule has 1 fully saturated rings. The predicted octanol–water partition coefficient (Wildman–Crippen LogP) is 3.30. The molecule has 1 unspecified atom stereocenters. The van der Waals surface area contributed by atoms with Crippen LogP contribution in [0.25, 0.3) is 0 Å². The first-order valence-corrected chi connectivity index (χ1v) is 8.90. The van der Waals surface area contributed by atoms with E-state index in [4.69, 9.17) is 9.47 Å². The van der Waals surface area contributed by atoms with Crippen molar-refractivity contribution in [3.63, 3.8) is 0 Å². The lowest BCUT2D eigenvalue weighted by atomic mass is 9.92. The molecule has 0 aliphatic carbocycles. The average molecular weight is 419 g/mol. The van der Waals surface area contributed by atoms with E-state index in [0.717, 1.165) is 4.47 Å². The molecule has 0 bridgehead atoms. The number of carbonyl (C=O) groups is 2. The second-order valence-electron chi connectivity index (χ2n) is 6.04. The molecule has 1 saturated heterocycles. The maximum Gasteiger partial charge on any atom is 0.325 e. The maximum absolute atomic E-state index is 12.8. The Kier molecular flexibility index (Phi) is 5.18. The third kappa shape index (κ3) is 3.53. The summed E-state index contributed by atoms with van der Waals surface area (Å²) < 4.78 is 11.7. The van der Waals surface area contributed by atoms with E-state index in [0.29, 0.717) is 17.1 Å². The van der Waals surface area contributed by atoms with Crippen LogP contribution in [-0.2, 0) is 10.3 Å². The van der Waals surface area contributed by atoms with Gasteiger partial charge in [0.05, 0.1) is 13.7 Å². The zero-order chi connectivity index (χ0) is 18.7. The van der Waals surface area contributed by atoms with Crippen LogP contribution in [0.5, 0.6) is 11.5 Å². The first-order valence-electron chi connectivity index (χ1n) is 8.11. The summed E-state index contributed by atoms with van der Waals surface area (Å²) in [4.78, 5) is 26.3. The van der Waals surface area contributed by atoms with Crippen LogP contribution in [0.1, 0.15) is 12.5 Å². The Morgan fingerprint density at radius 1 is 1.04 bits per heavy atom. The number of amides is 3. The van der Waals surface area contributed by atoms with Crippen LogP contribution in [0.2, 0.25) is 0 Å². The highest BCUT2D eigenvalue weighted by molar-refractivity contribution is 9.10. The molecule has 1 atom stereocenters. The third-order valence-electron chi connectivity index (χ3n) is 4.34. The second kappa shape index (κ2) is 7.37. The van der Waals surface area contributed by atoms with Crippen LogP contribution >= 0.6 is 15.9 Å². The fourth-order valence-electron chi connectivity index (χ4n) is 2.81. The molecule has 3 rings (SSSR count). The zero-order valence-corrected chi connectivity index (χ0v) is 16.1. The Balaban J connectivity index is 1.66. The van der Waals surface area contributed by atoms with Gasteiger partial charge in [0.1, 0.15) is 23.6 Å². The molecule has 0 spiro atoms. The lowest BCUT2D eigenvalue weighted by Gasteiger charge is -2.22. The monoisotopic (exact) mass is 418 g/mol. The van der Waals surface area contributed by atoms with Crippen molar-refractivity contribution in [2.24, 2.45) is 0 Å². The molecule has 1 heterocycles. The number of carbonyl (C=O) groups excluding carboxylic acids is 2. The molecule has 2 aromatic rings. The average Bonchev–Trinajstić information content (AvgIpc) is 2.87. The summed E-state index contributed by atoms with van der Waals surface area (Å²) in [5, 5.41) is 2.77. The molecule has 2 aromatic carbocycles. The van der Waals surface area contributed by atoms with Gasteiger partial charge in [0.25, 0.3) is 5.91 Å². The van der Waals surface area contributed by atoms with Gasteiger partial charge in [-0.15, -0.1) is 0 Å². The van der Waals surface area contributed by atoms with Gasteiger partial charge >= 0.3 is 6.03 Å². The SMILES string of the molecule is COc1ccc(C2(C)NC(=O)N(CCOc3ccc(Br)cc3)C2=O)cc1. The smallest absolute Gasteiger partial charge is 0.325 e. The normalized spacial score (nSPS) is 19.4. The Bertz CT molecular complexity index is 807. The summed E-state index contributed by atoms with van der Waals surface area (Å²) in [6, 6.07) is 14.0. The van der Waals surface area contributed by atoms with E-state index in [-0.39, 0.29) is 19.1 Å². The number of imide groups is 1. The van der Waals surface area contributed by atoms with Gasteiger partial charge in [-0.05, 0) is 48.9 Å². The Morgan fingerprint density at radius 2 is 1.65 bits per heavy atom. The number of nitrogens with zero attached hydrogens (tertiary/aromatic N) is 1. The molecule has 3 amide bonds. The Hall–Kier alpha value is -2.54. The van der Waals surface area contributed by atoms with Crippen LogP contribution in [0.4, 0.5) is 4.79 Å². The third-order valence-corrected chi connectivity index (χ3v) is 4.87. The largest absolute Gasteiger partial charge is 0.497 e. The summed E-state index contributed by atoms with van der Waals surface area (Å²) in [7, 11) is 1.58. The molecule has 1 aliphatic rings. The van der Waals surface area contributed by atoms with Crippen molar-refractivity contribution < 1.29 is 19.1 Å². The number of benzene rings is 2. The highest BCUT2D eigenvalue weighted by Crippen LogP contribution is 2.30. The molecule has 0 saturated carbocycles. The number of ether oxygens (including phenoxy) is 2. The van der Waals surface area contributed by atoms with Crippen molar-refractivity contribution >= 4 is 27.9 Å². The second-order valence-corrected chi connectivity index (χ2v) is 6.96. The summed E-state index contributed by atoms with van der Waals surface area (Å²) in [6.45, 7) is 2.09. The van der Waals surface area contributed by atoms with Crippen LogP contribution < -0.4 is 14.8 Å². The van der Waals surface area contributed by atoms with Gasteiger partial charge < -0.3 is 14.8 Å². The Morgan fingerprint density at radius 3 is 2.27 bits per heavy atom. The highest BCUT2D eigenvalue weighted by atomic mass is 79.9. The van der Waals surface area contributed by atoms with Crippen LogP contribution in [0.15, 0.2) is 53.0 Å². The predicted molar refractivity (Wildman–Crippen MR) is 100 cm³/mol. The number of rotatable bonds is 6. The summed E-state index contributed by atoms with van der Waals surface area (Å²) in [6.07, 6.45) is 0. The molecule has 0 aromatic heterocycles. The van der Waals surface area contributed by atoms with Gasteiger partial charge in [-0.3, -0.25) is 9.69 Å². The van der Waals surface area contributed by atoms with Crippen molar-refractivity contribution in [1.29, 1.82) is 0 Å². The zero-order valence-electron chi connectivity index (χ0n) is 14.5. The lowest BCUT2D eigenvalue weighted by Crippen LogP contribution is -2.41. The first-order chi connectivity index (χ1) is 12.4. The molecule has 136 valence electrons. The molecular weight excluding hydrogens is 400 g/mol. The number of halogens is 1. The number of hydrogen-bond donors (Lipinski definition) is 1. The molecule has 26 heavy (non-hydrogen) atoms. The molecule has 1 N–H and O–H groups in total. The minimum Gasteiger partial charge on any atom is -0.497 e. The van der Waals surface area contributed by atoms with Crippen molar-refractivity contribution in [2.75, 3.05) is 20.3 Å². The van der Waals surface area contributed by atoms with E-state index in [9.17, 15) is 9.59 Å². The van der Waals surface area contributed by atoms with Crippen molar-refractivity contribution in [1.82, 2.24) is 10.2 Å². The fourth-order valence-corrected chi connectivity index (χ4v) is 3.07.